The normalized spacial score (nSPS) is 15.2. The van der Waals surface area contributed by atoms with E-state index in [0.29, 0.717) is 12.2 Å². The van der Waals surface area contributed by atoms with E-state index in [1.54, 1.807) is 6.08 Å². The van der Waals surface area contributed by atoms with Crippen LogP contribution in [0.4, 0.5) is 26.3 Å². The smallest absolute Gasteiger partial charge is 0.380 e. The Bertz CT molecular complexity index is 629. The van der Waals surface area contributed by atoms with Crippen molar-refractivity contribution >= 4 is 0 Å². The van der Waals surface area contributed by atoms with Gasteiger partial charge >= 0.3 is 12.4 Å². The maximum Gasteiger partial charge on any atom is 0.416 e. The first kappa shape index (κ1) is 32.4. The van der Waals surface area contributed by atoms with Gasteiger partial charge in [-0.25, -0.2) is 0 Å². The van der Waals surface area contributed by atoms with Crippen LogP contribution in [0.15, 0.2) is 48.1 Å². The molecule has 0 amide bonds. The maximum absolute atomic E-state index is 12.2. The highest BCUT2D eigenvalue weighted by atomic mass is 19.4. The van der Waals surface area contributed by atoms with Crippen molar-refractivity contribution in [2.45, 2.75) is 65.9 Å². The largest absolute Gasteiger partial charge is 0.416 e. The summed E-state index contributed by atoms with van der Waals surface area (Å²) in [4.78, 5) is 0. The molecule has 1 atom stereocenters. The summed E-state index contributed by atoms with van der Waals surface area (Å²) in [5.74, 6) is -1.34. The molecular weight excluding hydrogens is 434 g/mol. The number of benzene rings is 1. The highest BCUT2D eigenvalue weighted by Gasteiger charge is 2.38. The van der Waals surface area contributed by atoms with E-state index >= 15 is 0 Å². The Morgan fingerprint density at radius 2 is 1.34 bits per heavy atom. The van der Waals surface area contributed by atoms with Gasteiger partial charge in [0.25, 0.3) is 0 Å². The molecule has 0 saturated heterocycles. The second-order valence-electron chi connectivity index (χ2n) is 6.59. The molecule has 8 heteroatoms. The summed E-state index contributed by atoms with van der Waals surface area (Å²) in [5.41, 5.74) is 0.693. The Labute approximate surface area is 188 Å². The predicted molar refractivity (Wildman–Crippen MR) is 117 cm³/mol. The van der Waals surface area contributed by atoms with Crippen LogP contribution in [0.5, 0.6) is 0 Å². The Hall–Kier alpha value is -1.80. The van der Waals surface area contributed by atoms with Crippen molar-refractivity contribution in [3.05, 3.63) is 59.2 Å². The summed E-state index contributed by atoms with van der Waals surface area (Å²) in [6.07, 6.45) is -1.28. The number of halogens is 6. The van der Waals surface area contributed by atoms with Crippen molar-refractivity contribution in [2.75, 3.05) is 20.8 Å². The van der Waals surface area contributed by atoms with Crippen LogP contribution >= 0.6 is 0 Å². The van der Waals surface area contributed by atoms with Crippen LogP contribution in [0.3, 0.4) is 0 Å². The topological polar surface area (TPSA) is 18.5 Å². The van der Waals surface area contributed by atoms with Crippen LogP contribution in [0.1, 0.15) is 58.1 Å². The predicted octanol–water partition coefficient (Wildman–Crippen LogP) is 8.38. The van der Waals surface area contributed by atoms with Crippen molar-refractivity contribution in [1.82, 2.24) is 0 Å². The SMILES string of the molecule is CC.CCCC.COCC1=CC(C(F)(F)F)CC=C1.COCc1ccc(C(F)(F)F)cc1. The molecule has 0 bridgehead atoms. The first-order valence-electron chi connectivity index (χ1n) is 10.6. The summed E-state index contributed by atoms with van der Waals surface area (Å²) in [5, 5.41) is 0. The van der Waals surface area contributed by atoms with Gasteiger partial charge in [-0.2, -0.15) is 26.3 Å². The lowest BCUT2D eigenvalue weighted by Crippen LogP contribution is -2.22. The van der Waals surface area contributed by atoms with Crippen molar-refractivity contribution in [2.24, 2.45) is 5.92 Å². The van der Waals surface area contributed by atoms with Crippen molar-refractivity contribution in [1.29, 1.82) is 0 Å². The van der Waals surface area contributed by atoms with Crippen LogP contribution in [0.25, 0.3) is 0 Å². The van der Waals surface area contributed by atoms with Gasteiger partial charge in [-0.3, -0.25) is 0 Å². The average molecular weight is 471 g/mol. The van der Waals surface area contributed by atoms with E-state index in [1.807, 2.05) is 13.8 Å². The highest BCUT2D eigenvalue weighted by molar-refractivity contribution is 5.25. The molecule has 0 heterocycles. The fourth-order valence-corrected chi connectivity index (χ4v) is 2.20. The Morgan fingerprint density at radius 3 is 1.72 bits per heavy atom. The number of methoxy groups -OCH3 is 2. The molecule has 1 aromatic carbocycles. The van der Waals surface area contributed by atoms with Gasteiger partial charge in [-0.1, -0.05) is 70.9 Å². The maximum atomic E-state index is 12.2. The molecule has 1 aliphatic rings. The molecule has 0 spiro atoms. The van der Waals surface area contributed by atoms with E-state index in [0.717, 1.165) is 17.7 Å². The molecule has 0 radical (unpaired) electrons. The zero-order chi connectivity index (χ0) is 25.2. The fraction of sp³-hybridized carbons (Fsp3) is 0.583. The van der Waals surface area contributed by atoms with E-state index in [2.05, 4.69) is 13.8 Å². The lowest BCUT2D eigenvalue weighted by molar-refractivity contribution is -0.160. The summed E-state index contributed by atoms with van der Waals surface area (Å²) in [6, 6.07) is 4.92. The second-order valence-corrected chi connectivity index (χ2v) is 6.59. The summed E-state index contributed by atoms with van der Waals surface area (Å²) in [7, 11) is 2.96. The lowest BCUT2D eigenvalue weighted by atomic mass is 9.96. The quantitative estimate of drug-likeness (QED) is 0.402. The zero-order valence-corrected chi connectivity index (χ0v) is 19.7. The molecule has 0 saturated carbocycles. The minimum Gasteiger partial charge on any atom is -0.380 e. The minimum atomic E-state index is -4.26. The molecule has 0 aromatic heterocycles. The number of hydrogen-bond donors (Lipinski definition) is 0. The summed E-state index contributed by atoms with van der Waals surface area (Å²) in [6.45, 7) is 8.93. The van der Waals surface area contributed by atoms with Crippen LogP contribution < -0.4 is 0 Å². The zero-order valence-electron chi connectivity index (χ0n) is 19.7. The van der Waals surface area contributed by atoms with Crippen molar-refractivity contribution in [3.63, 3.8) is 0 Å². The fourth-order valence-electron chi connectivity index (χ4n) is 2.20. The molecular formula is C24H36F6O2. The second kappa shape index (κ2) is 17.7. The van der Waals surface area contributed by atoms with Crippen LogP contribution in [0.2, 0.25) is 0 Å². The number of ether oxygens (including phenoxy) is 2. The van der Waals surface area contributed by atoms with E-state index < -0.39 is 23.8 Å². The van der Waals surface area contributed by atoms with Gasteiger partial charge in [-0.15, -0.1) is 0 Å². The number of unbranched alkanes of at least 4 members (excludes halogenated alkanes) is 1. The number of rotatable bonds is 5. The van der Waals surface area contributed by atoms with Gasteiger partial charge in [0.15, 0.2) is 0 Å². The van der Waals surface area contributed by atoms with Gasteiger partial charge in [0.2, 0.25) is 0 Å². The van der Waals surface area contributed by atoms with Crippen LogP contribution in [-0.4, -0.2) is 27.0 Å². The third-order valence-corrected chi connectivity index (χ3v) is 3.96. The molecule has 0 N–H and O–H groups in total. The average Bonchev–Trinajstić information content (AvgIpc) is 2.76. The lowest BCUT2D eigenvalue weighted by Gasteiger charge is -2.19. The molecule has 0 fully saturated rings. The van der Waals surface area contributed by atoms with Crippen LogP contribution in [-0.2, 0) is 22.3 Å². The van der Waals surface area contributed by atoms with E-state index in [-0.39, 0.29) is 13.0 Å². The highest BCUT2D eigenvalue weighted by Crippen LogP contribution is 2.33. The number of allylic oxidation sites excluding steroid dienone is 2. The molecule has 1 unspecified atom stereocenters. The molecule has 186 valence electrons. The molecule has 32 heavy (non-hydrogen) atoms. The van der Waals surface area contributed by atoms with Gasteiger partial charge in [0, 0.05) is 14.2 Å². The first-order chi connectivity index (χ1) is 15.0. The monoisotopic (exact) mass is 470 g/mol. The molecule has 1 aromatic rings. The number of hydrogen-bond acceptors (Lipinski definition) is 2. The van der Waals surface area contributed by atoms with E-state index in [4.69, 9.17) is 9.47 Å². The molecule has 1 aliphatic carbocycles. The van der Waals surface area contributed by atoms with Crippen LogP contribution in [0, 0.1) is 5.92 Å². The Morgan fingerprint density at radius 1 is 0.844 bits per heavy atom. The van der Waals surface area contributed by atoms with Gasteiger partial charge in [0.05, 0.1) is 24.7 Å². The molecule has 0 aliphatic heterocycles. The van der Waals surface area contributed by atoms with Gasteiger partial charge < -0.3 is 9.47 Å². The minimum absolute atomic E-state index is 0.0384. The van der Waals surface area contributed by atoms with E-state index in [9.17, 15) is 26.3 Å². The first-order valence-corrected chi connectivity index (χ1v) is 10.6. The third kappa shape index (κ3) is 15.1. The Balaban J connectivity index is 0. The Kier molecular flexibility index (Phi) is 17.9. The molecule has 2 rings (SSSR count). The van der Waals surface area contributed by atoms with Crippen molar-refractivity contribution < 1.29 is 35.8 Å². The third-order valence-electron chi connectivity index (χ3n) is 3.96. The number of alkyl halides is 6. The standard InChI is InChI=1S/C9H9F3O.C9H11F3O.C4H10.C2H6/c1-13-6-7-2-4-8(5-3-7)9(10,11)12;1-13-6-7-3-2-4-8(5-7)9(10,11)12;1-3-4-2;1-2/h2-5H,6H2,1H3;2-3,5,8H,4,6H2,1H3;3-4H2,1-2H3;1-2H3. The van der Waals surface area contributed by atoms with Gasteiger partial charge in [-0.05, 0) is 29.7 Å². The summed E-state index contributed by atoms with van der Waals surface area (Å²) < 4.78 is 82.5. The van der Waals surface area contributed by atoms with Crippen molar-refractivity contribution in [3.8, 4) is 0 Å². The van der Waals surface area contributed by atoms with E-state index in [1.165, 1.54) is 51.3 Å². The van der Waals surface area contributed by atoms with Gasteiger partial charge in [0.1, 0.15) is 0 Å². The molecule has 2 nitrogen and oxygen atoms in total. The summed E-state index contributed by atoms with van der Waals surface area (Å²) >= 11 is 0.